The van der Waals surface area contributed by atoms with E-state index >= 15 is 0 Å². The van der Waals surface area contributed by atoms with Crippen LogP contribution in [0.5, 0.6) is 5.75 Å². The van der Waals surface area contributed by atoms with E-state index in [1.807, 2.05) is 25.1 Å². The van der Waals surface area contributed by atoms with Crippen molar-refractivity contribution in [3.8, 4) is 5.75 Å². The molecule has 0 aliphatic rings. The summed E-state index contributed by atoms with van der Waals surface area (Å²) in [6.07, 6.45) is 0. The molecule has 110 valence electrons. The van der Waals surface area contributed by atoms with Crippen molar-refractivity contribution in [2.24, 2.45) is 5.84 Å². The Balaban J connectivity index is 2.23. The van der Waals surface area contributed by atoms with Crippen LogP contribution in [0.3, 0.4) is 0 Å². The van der Waals surface area contributed by atoms with Crippen molar-refractivity contribution >= 4 is 33.4 Å². The summed E-state index contributed by atoms with van der Waals surface area (Å²) < 4.78 is 6.66. The Morgan fingerprint density at radius 3 is 2.76 bits per heavy atom. The second kappa shape index (κ2) is 6.93. The molecule has 0 aliphatic carbocycles. The number of carbonyl (C=O) groups is 1. The fourth-order valence-corrected chi connectivity index (χ4v) is 2.99. The molecule has 4 nitrogen and oxygen atoms in total. The standard InChI is InChI=1S/C15H14BrClN2O2/c1-9-6-11(16)7-13(17)14(9)21-8-10-4-2-3-5-12(10)15(20)19-18/h2-7H,8,18H2,1H3,(H,19,20). The largest absolute Gasteiger partial charge is 0.487 e. The SMILES string of the molecule is Cc1cc(Br)cc(Cl)c1OCc1ccccc1C(=O)NN. The molecule has 0 bridgehead atoms. The maximum atomic E-state index is 11.7. The molecule has 6 heteroatoms. The first-order chi connectivity index (χ1) is 10.0. The molecule has 0 spiro atoms. The minimum atomic E-state index is -0.354. The average Bonchev–Trinajstić information content (AvgIpc) is 2.45. The number of nitrogens with one attached hydrogen (secondary N) is 1. The van der Waals surface area contributed by atoms with E-state index in [1.54, 1.807) is 18.2 Å². The topological polar surface area (TPSA) is 64.3 Å². The molecule has 1 amide bonds. The summed E-state index contributed by atoms with van der Waals surface area (Å²) in [6, 6.07) is 10.8. The van der Waals surface area contributed by atoms with Crippen molar-refractivity contribution in [1.29, 1.82) is 0 Å². The van der Waals surface area contributed by atoms with E-state index in [0.29, 0.717) is 16.3 Å². The van der Waals surface area contributed by atoms with Gasteiger partial charge < -0.3 is 4.74 Å². The first-order valence-electron chi connectivity index (χ1n) is 6.20. The Labute approximate surface area is 136 Å². The number of hydrogen-bond donors (Lipinski definition) is 2. The highest BCUT2D eigenvalue weighted by Crippen LogP contribution is 2.32. The van der Waals surface area contributed by atoms with Crippen LogP contribution in [0.4, 0.5) is 0 Å². The zero-order valence-electron chi connectivity index (χ0n) is 11.3. The number of nitrogens with two attached hydrogens (primary N) is 1. The summed E-state index contributed by atoms with van der Waals surface area (Å²) in [5, 5.41) is 0.516. The van der Waals surface area contributed by atoms with Gasteiger partial charge in [-0.15, -0.1) is 0 Å². The molecule has 2 aromatic rings. The van der Waals surface area contributed by atoms with Crippen molar-refractivity contribution in [2.75, 3.05) is 0 Å². The van der Waals surface area contributed by atoms with E-state index in [4.69, 9.17) is 22.2 Å². The van der Waals surface area contributed by atoms with Gasteiger partial charge in [-0.3, -0.25) is 10.2 Å². The highest BCUT2D eigenvalue weighted by Gasteiger charge is 2.12. The quantitative estimate of drug-likeness (QED) is 0.492. The Kier molecular flexibility index (Phi) is 5.22. The van der Waals surface area contributed by atoms with E-state index in [0.717, 1.165) is 15.6 Å². The Morgan fingerprint density at radius 2 is 2.10 bits per heavy atom. The van der Waals surface area contributed by atoms with E-state index in [-0.39, 0.29) is 12.5 Å². The third-order valence-electron chi connectivity index (χ3n) is 2.96. The summed E-state index contributed by atoms with van der Waals surface area (Å²) >= 11 is 9.55. The van der Waals surface area contributed by atoms with Crippen molar-refractivity contribution in [3.63, 3.8) is 0 Å². The van der Waals surface area contributed by atoms with Gasteiger partial charge in [0.25, 0.3) is 5.91 Å². The van der Waals surface area contributed by atoms with Crippen LogP contribution < -0.4 is 16.0 Å². The lowest BCUT2D eigenvalue weighted by Crippen LogP contribution is -2.30. The van der Waals surface area contributed by atoms with Gasteiger partial charge in [0.15, 0.2) is 0 Å². The van der Waals surface area contributed by atoms with Crippen molar-refractivity contribution < 1.29 is 9.53 Å². The fraction of sp³-hybridized carbons (Fsp3) is 0.133. The summed E-state index contributed by atoms with van der Waals surface area (Å²) in [7, 11) is 0. The summed E-state index contributed by atoms with van der Waals surface area (Å²) in [5.41, 5.74) is 4.25. The first kappa shape index (κ1) is 15.8. The highest BCUT2D eigenvalue weighted by atomic mass is 79.9. The minimum Gasteiger partial charge on any atom is -0.487 e. The lowest BCUT2D eigenvalue weighted by molar-refractivity contribution is 0.0951. The number of nitrogen functional groups attached to an aromatic ring is 1. The molecule has 2 rings (SSSR count). The number of hydrogen-bond acceptors (Lipinski definition) is 3. The molecule has 0 aliphatic heterocycles. The normalized spacial score (nSPS) is 10.3. The van der Waals surface area contributed by atoms with Crippen molar-refractivity contribution in [3.05, 3.63) is 62.6 Å². The molecule has 0 atom stereocenters. The van der Waals surface area contributed by atoms with Gasteiger partial charge in [-0.1, -0.05) is 45.7 Å². The Bertz CT molecular complexity index is 653. The molecule has 0 aromatic heterocycles. The van der Waals surface area contributed by atoms with Crippen LogP contribution >= 0.6 is 27.5 Å². The molecule has 0 fully saturated rings. The van der Waals surface area contributed by atoms with E-state index in [2.05, 4.69) is 21.4 Å². The van der Waals surface area contributed by atoms with Crippen LogP contribution in [-0.2, 0) is 6.61 Å². The second-order valence-corrected chi connectivity index (χ2v) is 5.78. The number of ether oxygens (including phenoxy) is 1. The zero-order valence-corrected chi connectivity index (χ0v) is 13.7. The smallest absolute Gasteiger partial charge is 0.265 e. The lowest BCUT2D eigenvalue weighted by Gasteiger charge is -2.13. The summed E-state index contributed by atoms with van der Waals surface area (Å²) in [4.78, 5) is 11.7. The lowest BCUT2D eigenvalue weighted by atomic mass is 10.1. The predicted octanol–water partition coefficient (Wildman–Crippen LogP) is 3.59. The van der Waals surface area contributed by atoms with Crippen LogP contribution in [-0.4, -0.2) is 5.91 Å². The fourth-order valence-electron chi connectivity index (χ4n) is 1.97. The Morgan fingerprint density at radius 1 is 1.38 bits per heavy atom. The van der Waals surface area contributed by atoms with Crippen LogP contribution in [0.2, 0.25) is 5.02 Å². The molecule has 0 radical (unpaired) electrons. The van der Waals surface area contributed by atoms with Crippen LogP contribution in [0.1, 0.15) is 21.5 Å². The third-order valence-corrected chi connectivity index (χ3v) is 3.70. The summed E-state index contributed by atoms with van der Waals surface area (Å²) in [6.45, 7) is 2.14. The number of carbonyl (C=O) groups excluding carboxylic acids is 1. The van der Waals surface area contributed by atoms with E-state index in [1.165, 1.54) is 0 Å². The number of rotatable bonds is 4. The molecule has 21 heavy (non-hydrogen) atoms. The Hall–Kier alpha value is -1.56. The van der Waals surface area contributed by atoms with Gasteiger partial charge in [0.05, 0.1) is 5.02 Å². The van der Waals surface area contributed by atoms with Gasteiger partial charge in [0.2, 0.25) is 0 Å². The number of aryl methyl sites for hydroxylation is 1. The van der Waals surface area contributed by atoms with Crippen molar-refractivity contribution in [1.82, 2.24) is 5.43 Å². The first-order valence-corrected chi connectivity index (χ1v) is 7.37. The van der Waals surface area contributed by atoms with Gasteiger partial charge >= 0.3 is 0 Å². The van der Waals surface area contributed by atoms with Gasteiger partial charge in [-0.05, 0) is 30.7 Å². The predicted molar refractivity (Wildman–Crippen MR) is 86.3 cm³/mol. The van der Waals surface area contributed by atoms with E-state index < -0.39 is 0 Å². The third kappa shape index (κ3) is 3.75. The van der Waals surface area contributed by atoms with Crippen LogP contribution in [0, 0.1) is 6.92 Å². The molecule has 0 saturated carbocycles. The molecular formula is C15H14BrClN2O2. The van der Waals surface area contributed by atoms with Crippen LogP contribution in [0.15, 0.2) is 40.9 Å². The minimum absolute atomic E-state index is 0.228. The maximum absolute atomic E-state index is 11.7. The van der Waals surface area contributed by atoms with Gasteiger partial charge in [0.1, 0.15) is 12.4 Å². The maximum Gasteiger partial charge on any atom is 0.265 e. The summed E-state index contributed by atoms with van der Waals surface area (Å²) in [5.74, 6) is 5.42. The molecule has 2 aromatic carbocycles. The highest BCUT2D eigenvalue weighted by molar-refractivity contribution is 9.10. The molecule has 0 saturated heterocycles. The van der Waals surface area contributed by atoms with E-state index in [9.17, 15) is 4.79 Å². The molecule has 0 unspecified atom stereocenters. The number of hydrazine groups is 1. The molecule has 3 N–H and O–H groups in total. The van der Waals surface area contributed by atoms with Crippen molar-refractivity contribution in [2.45, 2.75) is 13.5 Å². The average molecular weight is 370 g/mol. The number of benzene rings is 2. The van der Waals surface area contributed by atoms with Gasteiger partial charge in [0, 0.05) is 15.6 Å². The second-order valence-electron chi connectivity index (χ2n) is 4.45. The molecular weight excluding hydrogens is 356 g/mol. The monoisotopic (exact) mass is 368 g/mol. The molecule has 0 heterocycles. The van der Waals surface area contributed by atoms with Gasteiger partial charge in [-0.2, -0.15) is 0 Å². The number of halogens is 2. The van der Waals surface area contributed by atoms with Crippen LogP contribution in [0.25, 0.3) is 0 Å². The van der Waals surface area contributed by atoms with Gasteiger partial charge in [-0.25, -0.2) is 5.84 Å². The zero-order chi connectivity index (χ0) is 15.4. The number of amides is 1.